The van der Waals surface area contributed by atoms with Crippen LogP contribution >= 0.6 is 0 Å². The van der Waals surface area contributed by atoms with Crippen molar-refractivity contribution in [2.24, 2.45) is 0 Å². The number of anilines is 1. The number of nitrogens with zero attached hydrogens (tertiary/aromatic N) is 3. The molecule has 0 saturated carbocycles. The van der Waals surface area contributed by atoms with E-state index in [1.807, 2.05) is 0 Å². The molecule has 1 aromatic heterocycles. The Hall–Kier alpha value is -4.34. The molecular formula is C19H14N4O6. The summed E-state index contributed by atoms with van der Waals surface area (Å²) in [5, 5.41) is 24.5. The summed E-state index contributed by atoms with van der Waals surface area (Å²) >= 11 is 0. The average molecular weight is 394 g/mol. The number of non-ortho nitro benzene ring substituents is 2. The lowest BCUT2D eigenvalue weighted by molar-refractivity contribution is -0.394. The summed E-state index contributed by atoms with van der Waals surface area (Å²) in [5.74, 6) is 0.399. The van der Waals surface area contributed by atoms with E-state index in [4.69, 9.17) is 4.74 Å². The number of hydrogen-bond acceptors (Lipinski definition) is 7. The molecule has 29 heavy (non-hydrogen) atoms. The zero-order valence-electron chi connectivity index (χ0n) is 15.1. The fourth-order valence-electron chi connectivity index (χ4n) is 2.52. The van der Waals surface area contributed by atoms with Crippen LogP contribution in [0, 0.1) is 27.2 Å². The van der Waals surface area contributed by atoms with Crippen LogP contribution in [0.4, 0.5) is 17.1 Å². The van der Waals surface area contributed by atoms with Crippen molar-refractivity contribution in [3.8, 4) is 11.5 Å². The monoisotopic (exact) mass is 394 g/mol. The molecule has 3 aromatic rings. The fraction of sp³-hybridized carbons (Fsp3) is 0.0526. The molecular weight excluding hydrogens is 380 g/mol. The molecule has 10 nitrogen and oxygen atoms in total. The van der Waals surface area contributed by atoms with E-state index in [-0.39, 0.29) is 5.56 Å². The van der Waals surface area contributed by atoms with Gasteiger partial charge in [0.15, 0.2) is 0 Å². The van der Waals surface area contributed by atoms with Crippen LogP contribution in [0.25, 0.3) is 0 Å². The van der Waals surface area contributed by atoms with Crippen molar-refractivity contribution in [1.29, 1.82) is 0 Å². The van der Waals surface area contributed by atoms with Gasteiger partial charge in [0.25, 0.3) is 17.3 Å². The lowest BCUT2D eigenvalue weighted by atomic mass is 10.1. The van der Waals surface area contributed by atoms with Crippen LogP contribution in [0.5, 0.6) is 11.5 Å². The van der Waals surface area contributed by atoms with Crippen LogP contribution in [-0.4, -0.2) is 20.7 Å². The number of aryl methyl sites for hydroxylation is 1. The van der Waals surface area contributed by atoms with E-state index in [1.165, 1.54) is 0 Å². The van der Waals surface area contributed by atoms with Gasteiger partial charge in [-0.15, -0.1) is 0 Å². The zero-order valence-corrected chi connectivity index (χ0v) is 15.1. The maximum Gasteiger partial charge on any atom is 0.277 e. The van der Waals surface area contributed by atoms with Crippen molar-refractivity contribution in [2.45, 2.75) is 6.92 Å². The van der Waals surface area contributed by atoms with Crippen molar-refractivity contribution >= 4 is 23.0 Å². The minimum atomic E-state index is -0.793. The summed E-state index contributed by atoms with van der Waals surface area (Å²) in [6.45, 7) is 1.78. The molecule has 0 saturated heterocycles. The van der Waals surface area contributed by atoms with E-state index in [1.54, 1.807) is 49.6 Å². The first-order valence-corrected chi connectivity index (χ1v) is 8.27. The number of aromatic nitrogens is 1. The van der Waals surface area contributed by atoms with Crippen LogP contribution in [0.15, 0.2) is 60.9 Å². The second-order valence-corrected chi connectivity index (χ2v) is 5.98. The molecule has 10 heteroatoms. The van der Waals surface area contributed by atoms with Gasteiger partial charge in [0, 0.05) is 24.0 Å². The number of nitrogens with one attached hydrogen (secondary N) is 1. The van der Waals surface area contributed by atoms with Crippen LogP contribution in [-0.2, 0) is 0 Å². The Balaban J connectivity index is 1.81. The van der Waals surface area contributed by atoms with Crippen molar-refractivity contribution in [2.75, 3.05) is 5.32 Å². The lowest BCUT2D eigenvalue weighted by Crippen LogP contribution is -2.12. The van der Waals surface area contributed by atoms with E-state index in [2.05, 4.69) is 10.3 Å². The van der Waals surface area contributed by atoms with Crippen molar-refractivity contribution in [3.63, 3.8) is 0 Å². The minimum absolute atomic E-state index is 0.195. The molecule has 0 bridgehead atoms. The number of nitro groups is 2. The molecule has 0 aliphatic carbocycles. The molecule has 0 radical (unpaired) electrons. The number of carbonyl (C=O) groups is 1. The summed E-state index contributed by atoms with van der Waals surface area (Å²) in [6, 6.07) is 11.1. The number of pyridine rings is 1. The highest BCUT2D eigenvalue weighted by Crippen LogP contribution is 2.28. The summed E-state index contributed by atoms with van der Waals surface area (Å²) in [4.78, 5) is 36.8. The van der Waals surface area contributed by atoms with Gasteiger partial charge in [-0.05, 0) is 42.8 Å². The van der Waals surface area contributed by atoms with E-state index in [9.17, 15) is 25.0 Å². The maximum atomic E-state index is 12.5. The molecule has 1 N–H and O–H groups in total. The first kappa shape index (κ1) is 19.4. The van der Waals surface area contributed by atoms with E-state index in [0.29, 0.717) is 17.2 Å². The molecule has 146 valence electrons. The molecule has 2 aromatic carbocycles. The molecule has 0 fully saturated rings. The van der Waals surface area contributed by atoms with Gasteiger partial charge in [0.1, 0.15) is 11.5 Å². The second kappa shape index (κ2) is 8.13. The molecule has 0 unspecified atom stereocenters. The Morgan fingerprint density at radius 2 is 1.72 bits per heavy atom. The van der Waals surface area contributed by atoms with Gasteiger partial charge in [-0.1, -0.05) is 0 Å². The standard InChI is InChI=1S/C19H14N4O6/c1-12-7-14(4-5-18(12)29-17-3-2-6-20-11-17)21-19(24)13-8-15(22(25)26)10-16(9-13)23(27)28/h2-11H,1H3,(H,21,24). The average Bonchev–Trinajstić information content (AvgIpc) is 2.70. The number of rotatable bonds is 6. The second-order valence-electron chi connectivity index (χ2n) is 5.98. The van der Waals surface area contributed by atoms with Gasteiger partial charge in [0.2, 0.25) is 0 Å². The first-order chi connectivity index (χ1) is 13.8. The summed E-state index contributed by atoms with van der Waals surface area (Å²) in [6.07, 6.45) is 3.18. The third-order valence-electron chi connectivity index (χ3n) is 3.88. The van der Waals surface area contributed by atoms with E-state index in [0.717, 1.165) is 23.8 Å². The molecule has 0 aliphatic rings. The molecule has 3 rings (SSSR count). The molecule has 1 heterocycles. The normalized spacial score (nSPS) is 10.2. The van der Waals surface area contributed by atoms with Crippen LogP contribution in [0.1, 0.15) is 15.9 Å². The third-order valence-corrected chi connectivity index (χ3v) is 3.88. The highest BCUT2D eigenvalue weighted by Gasteiger charge is 2.20. The van der Waals surface area contributed by atoms with Crippen LogP contribution < -0.4 is 10.1 Å². The maximum absolute atomic E-state index is 12.5. The highest BCUT2D eigenvalue weighted by molar-refractivity contribution is 6.05. The van der Waals surface area contributed by atoms with E-state index < -0.39 is 27.1 Å². The Morgan fingerprint density at radius 1 is 1.03 bits per heavy atom. The van der Waals surface area contributed by atoms with Gasteiger partial charge in [-0.25, -0.2) is 0 Å². The van der Waals surface area contributed by atoms with Crippen molar-refractivity contribution in [1.82, 2.24) is 4.98 Å². The van der Waals surface area contributed by atoms with Crippen LogP contribution in [0.3, 0.4) is 0 Å². The number of hydrogen-bond donors (Lipinski definition) is 1. The molecule has 0 atom stereocenters. The number of benzene rings is 2. The Kier molecular flexibility index (Phi) is 5.44. The quantitative estimate of drug-likeness (QED) is 0.487. The summed E-state index contributed by atoms with van der Waals surface area (Å²) in [7, 11) is 0. The predicted octanol–water partition coefficient (Wildman–Crippen LogP) is 4.25. The molecule has 0 spiro atoms. The lowest BCUT2D eigenvalue weighted by Gasteiger charge is -2.11. The van der Waals surface area contributed by atoms with Gasteiger partial charge in [-0.3, -0.25) is 30.0 Å². The Labute approximate surface area is 164 Å². The first-order valence-electron chi connectivity index (χ1n) is 8.27. The molecule has 0 aliphatic heterocycles. The zero-order chi connectivity index (χ0) is 21.0. The fourth-order valence-corrected chi connectivity index (χ4v) is 2.52. The van der Waals surface area contributed by atoms with Gasteiger partial charge in [0.05, 0.1) is 27.7 Å². The Morgan fingerprint density at radius 3 is 2.28 bits per heavy atom. The van der Waals surface area contributed by atoms with E-state index >= 15 is 0 Å². The summed E-state index contributed by atoms with van der Waals surface area (Å²) in [5.41, 5.74) is -0.155. The Bertz CT molecular complexity index is 1070. The minimum Gasteiger partial charge on any atom is -0.455 e. The summed E-state index contributed by atoms with van der Waals surface area (Å²) < 4.78 is 5.71. The largest absolute Gasteiger partial charge is 0.455 e. The predicted molar refractivity (Wildman–Crippen MR) is 103 cm³/mol. The van der Waals surface area contributed by atoms with Crippen molar-refractivity contribution < 1.29 is 19.4 Å². The van der Waals surface area contributed by atoms with Gasteiger partial charge < -0.3 is 10.1 Å². The smallest absolute Gasteiger partial charge is 0.277 e. The molecule has 1 amide bonds. The number of carbonyl (C=O) groups excluding carboxylic acids is 1. The topological polar surface area (TPSA) is 138 Å². The SMILES string of the molecule is Cc1cc(NC(=O)c2cc([N+](=O)[O-])cc([N+](=O)[O-])c2)ccc1Oc1cccnc1. The van der Waals surface area contributed by atoms with Crippen molar-refractivity contribution in [3.05, 3.63) is 92.3 Å². The van der Waals surface area contributed by atoms with Gasteiger partial charge in [-0.2, -0.15) is 0 Å². The van der Waals surface area contributed by atoms with Gasteiger partial charge >= 0.3 is 0 Å². The number of amides is 1. The highest BCUT2D eigenvalue weighted by atomic mass is 16.6. The third kappa shape index (κ3) is 4.69. The van der Waals surface area contributed by atoms with Crippen LogP contribution in [0.2, 0.25) is 0 Å². The number of ether oxygens (including phenoxy) is 1. The number of nitro benzene ring substituents is 2.